The number of aromatic nitrogens is 2. The largest absolute Gasteiger partial charge is 0.504 e. The van der Waals surface area contributed by atoms with Crippen LogP contribution in [0.2, 0.25) is 0 Å². The average molecular weight is 516 g/mol. The van der Waals surface area contributed by atoms with E-state index in [4.69, 9.17) is 4.74 Å². The lowest BCUT2D eigenvalue weighted by Crippen LogP contribution is -2.40. The van der Waals surface area contributed by atoms with Crippen LogP contribution in [0.15, 0.2) is 76.6 Å². The van der Waals surface area contributed by atoms with Crippen LogP contribution in [0, 0.1) is 10.1 Å². The molecule has 0 radical (unpaired) electrons. The lowest BCUT2D eigenvalue weighted by atomic mass is 10.0. The zero-order valence-corrected chi connectivity index (χ0v) is 19.7. The number of methoxy groups -OCH3 is 1. The number of hydrogen-bond donors (Lipinski definition) is 4. The van der Waals surface area contributed by atoms with Crippen molar-refractivity contribution < 1.29 is 24.4 Å². The Morgan fingerprint density at radius 3 is 2.50 bits per heavy atom. The average Bonchev–Trinajstić information content (AvgIpc) is 2.93. The van der Waals surface area contributed by atoms with Crippen LogP contribution in [-0.4, -0.2) is 45.4 Å². The Bertz CT molecular complexity index is 1620. The smallest absolute Gasteiger partial charge is 0.274 e. The van der Waals surface area contributed by atoms with Gasteiger partial charge in [0, 0.05) is 22.6 Å². The summed E-state index contributed by atoms with van der Waals surface area (Å²) in [5, 5.41) is 34.8. The van der Waals surface area contributed by atoms with Gasteiger partial charge in [-0.1, -0.05) is 36.4 Å². The highest BCUT2D eigenvalue weighted by atomic mass is 16.6. The summed E-state index contributed by atoms with van der Waals surface area (Å²) in [7, 11) is 1.23. The Labute approximate surface area is 213 Å². The maximum Gasteiger partial charge on any atom is 0.274 e. The molecule has 3 aromatic carbocycles. The molecule has 0 spiro atoms. The lowest BCUT2D eigenvalue weighted by molar-refractivity contribution is -0.385. The molecule has 1 unspecified atom stereocenters. The van der Waals surface area contributed by atoms with Crippen molar-refractivity contribution in [3.05, 3.63) is 104 Å². The molecule has 2 amide bonds. The Morgan fingerprint density at radius 1 is 1.13 bits per heavy atom. The normalized spacial score (nSPS) is 11.7. The molecule has 1 aromatic heterocycles. The number of nitrogens with zero attached hydrogens (tertiary/aromatic N) is 3. The molecule has 4 rings (SSSR count). The molecule has 192 valence electrons. The van der Waals surface area contributed by atoms with Gasteiger partial charge in [-0.05, 0) is 18.2 Å². The van der Waals surface area contributed by atoms with E-state index in [1.165, 1.54) is 7.11 Å². The second kappa shape index (κ2) is 11.0. The summed E-state index contributed by atoms with van der Waals surface area (Å²) >= 11 is 0. The number of H-pyrrole nitrogens is 1. The number of hydrogen-bond acceptors (Lipinski definition) is 9. The summed E-state index contributed by atoms with van der Waals surface area (Å²) in [4.78, 5) is 48.9. The second-order valence-corrected chi connectivity index (χ2v) is 7.83. The van der Waals surface area contributed by atoms with Gasteiger partial charge in [0.2, 0.25) is 0 Å². The summed E-state index contributed by atoms with van der Waals surface area (Å²) in [5.41, 5.74) is 1.61. The van der Waals surface area contributed by atoms with E-state index < -0.39 is 34.1 Å². The van der Waals surface area contributed by atoms with Gasteiger partial charge in [-0.25, -0.2) is 10.5 Å². The van der Waals surface area contributed by atoms with Crippen molar-refractivity contribution in [1.82, 2.24) is 20.9 Å². The number of hydrazone groups is 1. The fraction of sp³-hybridized carbons (Fsp3) is 0.0800. The van der Waals surface area contributed by atoms with Crippen molar-refractivity contribution in [1.29, 1.82) is 0 Å². The van der Waals surface area contributed by atoms with Gasteiger partial charge in [0.15, 0.2) is 17.5 Å². The Balaban J connectivity index is 1.69. The van der Waals surface area contributed by atoms with Crippen molar-refractivity contribution in [3.8, 4) is 11.5 Å². The standard InChI is InChI=1S/C25H20N6O7/c1-38-19-12-16(31(36)37)11-15(22(19)32)13-26-29-25(35)21(27-23(33)14-7-3-2-4-8-14)20-17-9-5-6-10-18(17)24(34)30-28-20/h2-13,21,32H,1H3,(H,27,33)(H,29,35)(H,30,34). The molecule has 0 aliphatic rings. The topological polar surface area (TPSA) is 189 Å². The number of amides is 2. The van der Waals surface area contributed by atoms with Crippen molar-refractivity contribution in [3.63, 3.8) is 0 Å². The molecule has 0 aliphatic carbocycles. The van der Waals surface area contributed by atoms with Crippen LogP contribution >= 0.6 is 0 Å². The molecule has 0 bridgehead atoms. The Kier molecular flexibility index (Phi) is 7.38. The predicted octanol–water partition coefficient (Wildman–Crippen LogP) is 2.17. The van der Waals surface area contributed by atoms with E-state index in [1.807, 2.05) is 0 Å². The van der Waals surface area contributed by atoms with Crippen LogP contribution in [0.3, 0.4) is 0 Å². The number of aromatic hydroxyl groups is 1. The second-order valence-electron chi connectivity index (χ2n) is 7.83. The Hall–Kier alpha value is -5.59. The maximum atomic E-state index is 13.2. The van der Waals surface area contributed by atoms with E-state index in [2.05, 4.69) is 26.0 Å². The number of phenolic OH excluding ortho intramolecular Hbond substituents is 1. The van der Waals surface area contributed by atoms with E-state index in [9.17, 15) is 29.6 Å². The summed E-state index contributed by atoms with van der Waals surface area (Å²) in [6.45, 7) is 0. The maximum absolute atomic E-state index is 13.2. The number of rotatable bonds is 8. The fourth-order valence-corrected chi connectivity index (χ4v) is 3.62. The summed E-state index contributed by atoms with van der Waals surface area (Å²) in [6, 6.07) is 15.2. The van der Waals surface area contributed by atoms with E-state index in [-0.39, 0.29) is 33.6 Å². The van der Waals surface area contributed by atoms with Crippen LogP contribution in [-0.2, 0) is 4.79 Å². The molecular weight excluding hydrogens is 496 g/mol. The van der Waals surface area contributed by atoms with Gasteiger partial charge < -0.3 is 15.2 Å². The number of fused-ring (bicyclic) bond motifs is 1. The number of benzene rings is 3. The van der Waals surface area contributed by atoms with Gasteiger partial charge in [-0.2, -0.15) is 10.2 Å². The van der Waals surface area contributed by atoms with Crippen LogP contribution in [0.25, 0.3) is 10.8 Å². The molecule has 38 heavy (non-hydrogen) atoms. The number of non-ortho nitro benzene ring substituents is 1. The summed E-state index contributed by atoms with van der Waals surface area (Å²) in [5.74, 6) is -2.03. The number of phenols is 1. The molecular formula is C25H20N6O7. The molecule has 4 aromatic rings. The monoisotopic (exact) mass is 516 g/mol. The third kappa shape index (κ3) is 5.31. The molecule has 0 saturated heterocycles. The fourth-order valence-electron chi connectivity index (χ4n) is 3.62. The SMILES string of the molecule is COc1cc([N+](=O)[O-])cc(C=NNC(=O)C(NC(=O)c2ccccc2)c2n[nH]c(=O)c3ccccc23)c1O. The van der Waals surface area contributed by atoms with E-state index in [1.54, 1.807) is 54.6 Å². The number of ether oxygens (including phenoxy) is 1. The molecule has 4 N–H and O–H groups in total. The zero-order chi connectivity index (χ0) is 27.2. The van der Waals surface area contributed by atoms with Gasteiger partial charge in [0.25, 0.3) is 23.1 Å². The number of carbonyl (C=O) groups excluding carboxylic acids is 2. The minimum atomic E-state index is -1.41. The van der Waals surface area contributed by atoms with Crippen LogP contribution in [0.1, 0.15) is 27.7 Å². The number of nitro benzene ring substituents is 1. The van der Waals surface area contributed by atoms with Crippen LogP contribution < -0.4 is 21.0 Å². The Morgan fingerprint density at radius 2 is 1.82 bits per heavy atom. The van der Waals surface area contributed by atoms with Crippen molar-refractivity contribution >= 4 is 34.5 Å². The van der Waals surface area contributed by atoms with Gasteiger partial charge >= 0.3 is 0 Å². The van der Waals surface area contributed by atoms with Gasteiger partial charge in [-0.15, -0.1) is 0 Å². The van der Waals surface area contributed by atoms with Gasteiger partial charge in [0.1, 0.15) is 5.69 Å². The zero-order valence-electron chi connectivity index (χ0n) is 19.7. The molecule has 13 heteroatoms. The highest BCUT2D eigenvalue weighted by Crippen LogP contribution is 2.33. The van der Waals surface area contributed by atoms with Gasteiger partial charge in [-0.3, -0.25) is 24.5 Å². The molecule has 0 saturated carbocycles. The first-order valence-electron chi connectivity index (χ1n) is 11.0. The van der Waals surface area contributed by atoms with Crippen LogP contribution in [0.4, 0.5) is 5.69 Å². The van der Waals surface area contributed by atoms with Crippen molar-refractivity contribution in [2.24, 2.45) is 5.10 Å². The third-order valence-corrected chi connectivity index (χ3v) is 5.47. The first kappa shape index (κ1) is 25.5. The third-order valence-electron chi connectivity index (χ3n) is 5.47. The first-order chi connectivity index (χ1) is 18.3. The van der Waals surface area contributed by atoms with Gasteiger partial charge in [0.05, 0.1) is 29.7 Å². The first-order valence-corrected chi connectivity index (χ1v) is 11.0. The quantitative estimate of drug-likeness (QED) is 0.156. The highest BCUT2D eigenvalue weighted by molar-refractivity contribution is 5.99. The minimum absolute atomic E-state index is 0.0528. The summed E-state index contributed by atoms with van der Waals surface area (Å²) < 4.78 is 4.95. The minimum Gasteiger partial charge on any atom is -0.504 e. The number of nitro groups is 1. The van der Waals surface area contributed by atoms with Crippen molar-refractivity contribution in [2.45, 2.75) is 6.04 Å². The molecule has 13 nitrogen and oxygen atoms in total. The molecule has 0 aliphatic heterocycles. The van der Waals surface area contributed by atoms with E-state index in [0.29, 0.717) is 5.39 Å². The number of carbonyl (C=O) groups is 2. The highest BCUT2D eigenvalue weighted by Gasteiger charge is 2.27. The lowest BCUT2D eigenvalue weighted by Gasteiger charge is -2.18. The van der Waals surface area contributed by atoms with E-state index in [0.717, 1.165) is 18.3 Å². The summed E-state index contributed by atoms with van der Waals surface area (Å²) in [6.07, 6.45) is 0.983. The molecule has 1 atom stereocenters. The van der Waals surface area contributed by atoms with E-state index >= 15 is 0 Å². The van der Waals surface area contributed by atoms with Crippen LogP contribution in [0.5, 0.6) is 11.5 Å². The molecule has 0 fully saturated rings. The molecule has 1 heterocycles. The number of nitrogens with one attached hydrogen (secondary N) is 3. The predicted molar refractivity (Wildman–Crippen MR) is 136 cm³/mol. The van der Waals surface area contributed by atoms with Crippen molar-refractivity contribution in [2.75, 3.05) is 7.11 Å². The number of aromatic amines is 1.